The number of Topliss-reactive ketones (excluding diaryl/α,β-unsaturated/α-hetero) is 1. The molecule has 2 N–H and O–H groups in total. The van der Waals surface area contributed by atoms with Crippen LogP contribution >= 0.6 is 0 Å². The molecule has 6 heteroatoms. The molecule has 0 bridgehead atoms. The number of carbonyl (C=O) groups is 3. The molecule has 0 aromatic carbocycles. The summed E-state index contributed by atoms with van der Waals surface area (Å²) in [4.78, 5) is 38.2. The predicted molar refractivity (Wildman–Crippen MR) is 123 cm³/mol. The van der Waals surface area contributed by atoms with Crippen molar-refractivity contribution in [3.63, 3.8) is 0 Å². The Balaban J connectivity index is 1.75. The van der Waals surface area contributed by atoms with Crippen LogP contribution in [-0.2, 0) is 19.1 Å². The fourth-order valence-electron chi connectivity index (χ4n) is 8.18. The van der Waals surface area contributed by atoms with Crippen molar-refractivity contribution < 1.29 is 29.3 Å². The zero-order chi connectivity index (χ0) is 24.2. The molecule has 3 fully saturated rings. The number of unbranched alkanes of at least 4 members (excludes halogenated alkanes) is 1. The number of fused-ring (bicyclic) bond motifs is 5. The Morgan fingerprint density at radius 2 is 2.00 bits per heavy atom. The molecule has 0 aromatic rings. The lowest BCUT2D eigenvalue weighted by atomic mass is 9.46. The molecule has 0 amide bonds. The van der Waals surface area contributed by atoms with Crippen molar-refractivity contribution in [3.8, 4) is 0 Å². The Hall–Kier alpha value is -1.79. The van der Waals surface area contributed by atoms with Crippen LogP contribution in [0.3, 0.4) is 0 Å². The van der Waals surface area contributed by atoms with Gasteiger partial charge in [0, 0.05) is 29.1 Å². The minimum absolute atomic E-state index is 0.00268. The lowest BCUT2D eigenvalue weighted by Crippen LogP contribution is -2.64. The molecule has 4 aliphatic carbocycles. The van der Waals surface area contributed by atoms with Gasteiger partial charge in [-0.3, -0.25) is 14.4 Å². The van der Waals surface area contributed by atoms with Crippen LogP contribution in [0.1, 0.15) is 72.6 Å². The summed E-state index contributed by atoms with van der Waals surface area (Å²) in [5.41, 5.74) is -1.52. The van der Waals surface area contributed by atoms with Gasteiger partial charge in [-0.05, 0) is 56.1 Å². The van der Waals surface area contributed by atoms with E-state index in [2.05, 4.69) is 6.92 Å². The lowest BCUT2D eigenvalue weighted by molar-refractivity contribution is -0.205. The predicted octanol–water partition coefficient (Wildman–Crippen LogP) is 3.54. The number of ether oxygens (including phenoxy) is 1. The molecule has 8 atom stereocenters. The maximum atomic E-state index is 13.3. The minimum Gasteiger partial charge on any atom is -0.450 e. The summed E-state index contributed by atoms with van der Waals surface area (Å²) in [6.45, 7) is 7.34. The third-order valence-corrected chi connectivity index (χ3v) is 9.60. The molecule has 6 nitrogen and oxygen atoms in total. The summed E-state index contributed by atoms with van der Waals surface area (Å²) in [6.07, 6.45) is 8.97. The zero-order valence-corrected chi connectivity index (χ0v) is 20.3. The van der Waals surface area contributed by atoms with E-state index in [1.54, 1.807) is 12.2 Å². The quantitative estimate of drug-likeness (QED) is 0.591. The summed E-state index contributed by atoms with van der Waals surface area (Å²) in [5, 5.41) is 21.5. The van der Waals surface area contributed by atoms with Gasteiger partial charge in [-0.15, -0.1) is 0 Å². The normalized spacial score (nSPS) is 43.9. The van der Waals surface area contributed by atoms with Crippen LogP contribution in [0.2, 0.25) is 0 Å². The number of allylic oxidation sites excluding steroid dienone is 4. The van der Waals surface area contributed by atoms with Crippen molar-refractivity contribution >= 4 is 17.5 Å². The van der Waals surface area contributed by atoms with Gasteiger partial charge in [0.05, 0.1) is 6.10 Å². The number of rotatable bonds is 6. The standard InChI is InChI=1S/C27H38O6/c1-5-6-7-23(32)33-27(22(31)15-28)16(2)12-20-19-9-8-17-13-18(29)10-11-25(17,3)24(19)21(30)14-26(20,27)4/h10-11,13,16,19-21,24,28,30H,5-9,12,14-15H2,1-4H3/t16-,19+,20+,21+,24-,25+,26+,27-/m1/s1. The molecular weight excluding hydrogens is 420 g/mol. The van der Waals surface area contributed by atoms with Crippen LogP contribution in [-0.4, -0.2) is 46.1 Å². The number of aliphatic hydroxyl groups excluding tert-OH is 2. The van der Waals surface area contributed by atoms with Gasteiger partial charge < -0.3 is 14.9 Å². The molecule has 4 aliphatic rings. The van der Waals surface area contributed by atoms with Gasteiger partial charge in [0.2, 0.25) is 5.78 Å². The van der Waals surface area contributed by atoms with Gasteiger partial charge in [-0.1, -0.05) is 45.8 Å². The average Bonchev–Trinajstić information content (AvgIpc) is 2.99. The third-order valence-electron chi connectivity index (χ3n) is 9.60. The molecule has 3 saturated carbocycles. The van der Waals surface area contributed by atoms with Crippen molar-refractivity contribution in [3.05, 3.63) is 23.8 Å². The number of hydrogen-bond acceptors (Lipinski definition) is 6. The molecule has 0 saturated heterocycles. The van der Waals surface area contributed by atoms with Crippen LogP contribution in [0.4, 0.5) is 0 Å². The van der Waals surface area contributed by atoms with Crippen molar-refractivity contribution in [1.29, 1.82) is 0 Å². The number of carbonyl (C=O) groups excluding carboxylic acids is 3. The van der Waals surface area contributed by atoms with Gasteiger partial charge in [0.1, 0.15) is 6.61 Å². The van der Waals surface area contributed by atoms with E-state index in [0.29, 0.717) is 19.3 Å². The van der Waals surface area contributed by atoms with Gasteiger partial charge in [0.15, 0.2) is 11.4 Å². The summed E-state index contributed by atoms with van der Waals surface area (Å²) in [7, 11) is 0. The van der Waals surface area contributed by atoms with Gasteiger partial charge in [-0.25, -0.2) is 0 Å². The van der Waals surface area contributed by atoms with E-state index in [9.17, 15) is 24.6 Å². The van der Waals surface area contributed by atoms with E-state index in [-0.39, 0.29) is 35.9 Å². The summed E-state index contributed by atoms with van der Waals surface area (Å²) < 4.78 is 6.08. The van der Waals surface area contributed by atoms with Crippen LogP contribution in [0, 0.1) is 34.5 Å². The molecule has 4 rings (SSSR count). The van der Waals surface area contributed by atoms with Crippen molar-refractivity contribution in [2.45, 2.75) is 84.3 Å². The lowest BCUT2D eigenvalue weighted by Gasteiger charge is -2.60. The molecular formula is C27H38O6. The Labute approximate surface area is 196 Å². The SMILES string of the molecule is CCCCC(=O)O[C@@]1(C(=O)CO)[C@H](C)C[C@H]2[C@@H]3CCC4=CC(=O)C=C[C@]4(C)[C@H]3[C@@H](O)C[C@@]21C. The second-order valence-corrected chi connectivity index (χ2v) is 11.2. The summed E-state index contributed by atoms with van der Waals surface area (Å²) >= 11 is 0. The van der Waals surface area contributed by atoms with E-state index in [1.165, 1.54) is 0 Å². The second-order valence-electron chi connectivity index (χ2n) is 11.2. The molecule has 0 aliphatic heterocycles. The zero-order valence-electron chi connectivity index (χ0n) is 20.3. The number of hydrogen-bond donors (Lipinski definition) is 2. The highest BCUT2D eigenvalue weighted by Gasteiger charge is 2.72. The number of aliphatic hydroxyl groups is 2. The second kappa shape index (κ2) is 8.46. The molecule has 0 aromatic heterocycles. The first-order valence-corrected chi connectivity index (χ1v) is 12.5. The summed E-state index contributed by atoms with van der Waals surface area (Å²) in [5.74, 6) is -0.986. The van der Waals surface area contributed by atoms with Gasteiger partial charge in [0.25, 0.3) is 0 Å². The van der Waals surface area contributed by atoms with E-state index >= 15 is 0 Å². The van der Waals surface area contributed by atoms with Crippen molar-refractivity contribution in [2.75, 3.05) is 6.61 Å². The van der Waals surface area contributed by atoms with E-state index in [1.807, 2.05) is 26.8 Å². The largest absolute Gasteiger partial charge is 0.450 e. The van der Waals surface area contributed by atoms with Crippen molar-refractivity contribution in [1.82, 2.24) is 0 Å². The fraction of sp³-hybridized carbons (Fsp3) is 0.741. The van der Waals surface area contributed by atoms with Crippen LogP contribution in [0.5, 0.6) is 0 Å². The molecule has 0 unspecified atom stereocenters. The van der Waals surface area contributed by atoms with Gasteiger partial charge >= 0.3 is 5.97 Å². The Bertz CT molecular complexity index is 904. The highest BCUT2D eigenvalue weighted by atomic mass is 16.6. The molecule has 33 heavy (non-hydrogen) atoms. The third kappa shape index (κ3) is 3.39. The van der Waals surface area contributed by atoms with E-state index in [0.717, 1.165) is 24.8 Å². The summed E-state index contributed by atoms with van der Waals surface area (Å²) in [6, 6.07) is 0. The smallest absolute Gasteiger partial charge is 0.306 e. The molecule has 182 valence electrons. The molecule has 0 radical (unpaired) electrons. The number of esters is 1. The number of ketones is 2. The van der Waals surface area contributed by atoms with Crippen LogP contribution in [0.15, 0.2) is 23.8 Å². The monoisotopic (exact) mass is 458 g/mol. The highest BCUT2D eigenvalue weighted by molar-refractivity contribution is 6.01. The first kappa shape index (κ1) is 24.3. The first-order chi connectivity index (χ1) is 15.5. The Morgan fingerprint density at radius 1 is 1.27 bits per heavy atom. The Kier molecular flexibility index (Phi) is 6.24. The van der Waals surface area contributed by atoms with Gasteiger partial charge in [-0.2, -0.15) is 0 Å². The minimum atomic E-state index is -1.43. The maximum absolute atomic E-state index is 13.3. The fourth-order valence-corrected chi connectivity index (χ4v) is 8.18. The topological polar surface area (TPSA) is 101 Å². The van der Waals surface area contributed by atoms with Crippen molar-refractivity contribution in [2.24, 2.45) is 34.5 Å². The Morgan fingerprint density at radius 3 is 2.67 bits per heavy atom. The van der Waals surface area contributed by atoms with E-state index in [4.69, 9.17) is 4.74 Å². The maximum Gasteiger partial charge on any atom is 0.306 e. The molecule has 0 spiro atoms. The first-order valence-electron chi connectivity index (χ1n) is 12.5. The van der Waals surface area contributed by atoms with E-state index < -0.39 is 40.9 Å². The van der Waals surface area contributed by atoms with Crippen LogP contribution < -0.4 is 0 Å². The highest BCUT2D eigenvalue weighted by Crippen LogP contribution is 2.69. The van der Waals surface area contributed by atoms with Crippen LogP contribution in [0.25, 0.3) is 0 Å². The molecule has 0 heterocycles. The average molecular weight is 459 g/mol.